The third-order valence-electron chi connectivity index (χ3n) is 4.66. The van der Waals surface area contributed by atoms with Crippen LogP contribution in [-0.4, -0.2) is 29.8 Å². The average molecular weight is 360 g/mol. The van der Waals surface area contributed by atoms with Crippen LogP contribution in [0.5, 0.6) is 5.75 Å². The highest BCUT2D eigenvalue weighted by Gasteiger charge is 2.19. The molecule has 2 heterocycles. The highest BCUT2D eigenvalue weighted by Crippen LogP contribution is 2.26. The molecule has 0 bridgehead atoms. The Morgan fingerprint density at radius 2 is 1.89 bits per heavy atom. The molecule has 6 heteroatoms. The lowest BCUT2D eigenvalue weighted by molar-refractivity contribution is 0.102. The van der Waals surface area contributed by atoms with Crippen LogP contribution in [0.1, 0.15) is 21.6 Å². The molecule has 0 unspecified atom stereocenters. The SMILES string of the molecule is COc1ccc2c(c1)CN(c1ccc(C(=O)Nc3ccccc3)nn1)CC2. The van der Waals surface area contributed by atoms with Crippen LogP contribution < -0.4 is 15.0 Å². The minimum absolute atomic E-state index is 0.269. The van der Waals surface area contributed by atoms with Gasteiger partial charge in [0.25, 0.3) is 5.91 Å². The Labute approximate surface area is 157 Å². The van der Waals surface area contributed by atoms with E-state index in [0.717, 1.165) is 36.8 Å². The second-order valence-electron chi connectivity index (χ2n) is 6.40. The summed E-state index contributed by atoms with van der Waals surface area (Å²) in [4.78, 5) is 14.5. The van der Waals surface area contributed by atoms with E-state index in [9.17, 15) is 4.79 Å². The number of para-hydroxylation sites is 1. The Hall–Kier alpha value is -3.41. The topological polar surface area (TPSA) is 67.3 Å². The maximum Gasteiger partial charge on any atom is 0.276 e. The second kappa shape index (κ2) is 7.45. The maximum atomic E-state index is 12.3. The minimum Gasteiger partial charge on any atom is -0.497 e. The van der Waals surface area contributed by atoms with E-state index in [1.165, 1.54) is 11.1 Å². The maximum absolute atomic E-state index is 12.3. The summed E-state index contributed by atoms with van der Waals surface area (Å²) in [5.74, 6) is 1.35. The Morgan fingerprint density at radius 3 is 2.63 bits per heavy atom. The number of nitrogens with zero attached hydrogens (tertiary/aromatic N) is 3. The number of carbonyl (C=O) groups excluding carboxylic acids is 1. The van der Waals surface area contributed by atoms with Crippen molar-refractivity contribution in [2.45, 2.75) is 13.0 Å². The lowest BCUT2D eigenvalue weighted by Gasteiger charge is -2.29. The smallest absolute Gasteiger partial charge is 0.276 e. The molecular weight excluding hydrogens is 340 g/mol. The van der Waals surface area contributed by atoms with Crippen molar-refractivity contribution in [1.82, 2.24) is 10.2 Å². The third kappa shape index (κ3) is 3.74. The van der Waals surface area contributed by atoms with Gasteiger partial charge in [0.2, 0.25) is 0 Å². The summed E-state index contributed by atoms with van der Waals surface area (Å²) < 4.78 is 5.32. The monoisotopic (exact) mass is 360 g/mol. The van der Waals surface area contributed by atoms with Crippen molar-refractivity contribution >= 4 is 17.4 Å². The van der Waals surface area contributed by atoms with E-state index in [1.54, 1.807) is 13.2 Å². The molecule has 1 aliphatic heterocycles. The van der Waals surface area contributed by atoms with Crippen LogP contribution in [0.3, 0.4) is 0 Å². The number of ether oxygens (including phenoxy) is 1. The lowest BCUT2D eigenvalue weighted by atomic mass is 9.99. The predicted molar refractivity (Wildman–Crippen MR) is 104 cm³/mol. The van der Waals surface area contributed by atoms with Gasteiger partial charge in [-0.25, -0.2) is 0 Å². The molecule has 136 valence electrons. The molecule has 1 N–H and O–H groups in total. The molecule has 0 atom stereocenters. The van der Waals surface area contributed by atoms with Crippen molar-refractivity contribution in [3.8, 4) is 5.75 Å². The highest BCUT2D eigenvalue weighted by molar-refractivity contribution is 6.02. The zero-order chi connectivity index (χ0) is 18.6. The number of nitrogens with one attached hydrogen (secondary N) is 1. The number of hydrogen-bond acceptors (Lipinski definition) is 5. The van der Waals surface area contributed by atoms with E-state index < -0.39 is 0 Å². The number of fused-ring (bicyclic) bond motifs is 1. The van der Waals surface area contributed by atoms with Crippen molar-refractivity contribution in [1.29, 1.82) is 0 Å². The van der Waals surface area contributed by atoms with Gasteiger partial charge in [0.15, 0.2) is 11.5 Å². The summed E-state index contributed by atoms with van der Waals surface area (Å²) in [5.41, 5.74) is 3.59. The number of anilines is 2. The molecule has 0 fully saturated rings. The summed E-state index contributed by atoms with van der Waals surface area (Å²) in [6, 6.07) is 19.0. The Bertz CT molecular complexity index is 942. The summed E-state index contributed by atoms with van der Waals surface area (Å²) in [5, 5.41) is 11.2. The second-order valence-corrected chi connectivity index (χ2v) is 6.40. The lowest BCUT2D eigenvalue weighted by Crippen LogP contribution is -2.31. The molecule has 4 rings (SSSR count). The van der Waals surface area contributed by atoms with Crippen molar-refractivity contribution in [2.24, 2.45) is 0 Å². The van der Waals surface area contributed by atoms with E-state index in [0.29, 0.717) is 5.69 Å². The van der Waals surface area contributed by atoms with Crippen molar-refractivity contribution < 1.29 is 9.53 Å². The van der Waals surface area contributed by atoms with Gasteiger partial charge < -0.3 is 15.0 Å². The van der Waals surface area contributed by atoms with Gasteiger partial charge >= 0.3 is 0 Å². The highest BCUT2D eigenvalue weighted by atomic mass is 16.5. The van der Waals surface area contributed by atoms with Gasteiger partial charge in [-0.2, -0.15) is 0 Å². The first-order valence-electron chi connectivity index (χ1n) is 8.84. The van der Waals surface area contributed by atoms with Crippen LogP contribution in [0.2, 0.25) is 0 Å². The minimum atomic E-state index is -0.269. The zero-order valence-corrected chi connectivity index (χ0v) is 15.1. The molecule has 0 saturated carbocycles. The fourth-order valence-corrected chi connectivity index (χ4v) is 3.19. The van der Waals surface area contributed by atoms with Crippen LogP contribution >= 0.6 is 0 Å². The number of aromatic nitrogens is 2. The molecule has 1 aliphatic rings. The molecule has 6 nitrogen and oxygen atoms in total. The summed E-state index contributed by atoms with van der Waals surface area (Å²) in [7, 11) is 1.67. The Morgan fingerprint density at radius 1 is 1.04 bits per heavy atom. The number of carbonyl (C=O) groups is 1. The Kier molecular flexibility index (Phi) is 4.70. The molecular formula is C21H20N4O2. The van der Waals surface area contributed by atoms with Gasteiger partial charge in [-0.15, -0.1) is 10.2 Å². The third-order valence-corrected chi connectivity index (χ3v) is 4.66. The van der Waals surface area contributed by atoms with E-state index >= 15 is 0 Å². The molecule has 0 saturated heterocycles. The molecule has 0 aliphatic carbocycles. The molecule has 1 aromatic heterocycles. The number of rotatable bonds is 4. The number of methoxy groups -OCH3 is 1. The zero-order valence-electron chi connectivity index (χ0n) is 15.1. The first-order valence-corrected chi connectivity index (χ1v) is 8.84. The predicted octanol–water partition coefficient (Wildman–Crippen LogP) is 3.30. The van der Waals surface area contributed by atoms with Gasteiger partial charge in [0.1, 0.15) is 5.75 Å². The summed E-state index contributed by atoms with van der Waals surface area (Å²) in [6.45, 7) is 1.61. The normalized spacial score (nSPS) is 13.0. The number of amides is 1. The fraction of sp³-hybridized carbons (Fsp3) is 0.190. The molecule has 1 amide bonds. The van der Waals surface area contributed by atoms with E-state index in [-0.39, 0.29) is 5.91 Å². The van der Waals surface area contributed by atoms with Crippen LogP contribution in [0, 0.1) is 0 Å². The van der Waals surface area contributed by atoms with Crippen LogP contribution in [0.4, 0.5) is 11.5 Å². The molecule has 27 heavy (non-hydrogen) atoms. The van der Waals surface area contributed by atoms with Crippen LogP contribution in [0.25, 0.3) is 0 Å². The van der Waals surface area contributed by atoms with E-state index in [2.05, 4.69) is 32.5 Å². The average Bonchev–Trinajstić information content (AvgIpc) is 2.73. The quantitative estimate of drug-likeness (QED) is 0.773. The van der Waals surface area contributed by atoms with Crippen LogP contribution in [-0.2, 0) is 13.0 Å². The van der Waals surface area contributed by atoms with Gasteiger partial charge in [-0.1, -0.05) is 24.3 Å². The summed E-state index contributed by atoms with van der Waals surface area (Å²) >= 11 is 0. The van der Waals surface area contributed by atoms with Crippen molar-refractivity contribution in [2.75, 3.05) is 23.9 Å². The standard InChI is InChI=1S/C21H20N4O2/c1-27-18-8-7-15-11-12-25(14-16(15)13-18)20-10-9-19(23-24-20)21(26)22-17-5-3-2-4-6-17/h2-10,13H,11-12,14H2,1H3,(H,22,26). The molecule has 0 radical (unpaired) electrons. The first-order chi connectivity index (χ1) is 13.2. The van der Waals surface area contributed by atoms with Crippen LogP contribution in [0.15, 0.2) is 60.7 Å². The largest absolute Gasteiger partial charge is 0.497 e. The first kappa shape index (κ1) is 17.0. The molecule has 2 aromatic carbocycles. The van der Waals surface area contributed by atoms with Gasteiger partial charge in [-0.3, -0.25) is 4.79 Å². The molecule has 0 spiro atoms. The van der Waals surface area contributed by atoms with Crippen molar-refractivity contribution in [3.05, 3.63) is 77.5 Å². The van der Waals surface area contributed by atoms with Gasteiger partial charge in [-0.05, 0) is 53.9 Å². The molecule has 3 aromatic rings. The van der Waals surface area contributed by atoms with E-state index in [1.807, 2.05) is 42.5 Å². The van der Waals surface area contributed by atoms with Gasteiger partial charge in [0, 0.05) is 18.8 Å². The summed E-state index contributed by atoms with van der Waals surface area (Å²) in [6.07, 6.45) is 0.942. The fourth-order valence-electron chi connectivity index (χ4n) is 3.19. The van der Waals surface area contributed by atoms with Gasteiger partial charge in [0.05, 0.1) is 7.11 Å². The van der Waals surface area contributed by atoms with E-state index in [4.69, 9.17) is 4.74 Å². The van der Waals surface area contributed by atoms with Crippen molar-refractivity contribution in [3.63, 3.8) is 0 Å². The number of hydrogen-bond donors (Lipinski definition) is 1. The Balaban J connectivity index is 1.47. The number of benzene rings is 2.